The Bertz CT molecular complexity index is 1020. The Morgan fingerprint density at radius 1 is 1.13 bits per heavy atom. The lowest BCUT2D eigenvalue weighted by Crippen LogP contribution is -2.48. The summed E-state index contributed by atoms with van der Waals surface area (Å²) >= 11 is 3.45. The Morgan fingerprint density at radius 3 is 2.53 bits per heavy atom. The van der Waals surface area contributed by atoms with E-state index in [1.807, 2.05) is 44.2 Å². The number of rotatable bonds is 5. The summed E-state index contributed by atoms with van der Waals surface area (Å²) in [5.41, 5.74) is 1.56. The molecule has 0 saturated carbocycles. The molecule has 1 amide bonds. The molecule has 1 N–H and O–H groups in total. The van der Waals surface area contributed by atoms with Gasteiger partial charge in [0.05, 0.1) is 6.04 Å². The van der Waals surface area contributed by atoms with E-state index in [2.05, 4.69) is 38.1 Å². The van der Waals surface area contributed by atoms with E-state index >= 15 is 0 Å². The molecule has 0 spiro atoms. The molecule has 1 aliphatic heterocycles. The lowest BCUT2D eigenvalue weighted by Gasteiger charge is -2.37. The van der Waals surface area contributed by atoms with Crippen molar-refractivity contribution in [3.05, 3.63) is 57.6 Å². The number of fused-ring (bicyclic) bond motifs is 1. The second-order valence-electron chi connectivity index (χ2n) is 7.71. The number of likely N-dealkylation sites (N-methyl/N-ethyl adjacent to an activating group) is 1. The molecular weight excluding hydrogens is 470 g/mol. The first-order valence-electron chi connectivity index (χ1n) is 9.88. The van der Waals surface area contributed by atoms with Gasteiger partial charge in [-0.05, 0) is 51.2 Å². The molecule has 3 aromatic rings. The van der Waals surface area contributed by atoms with Crippen LogP contribution in [-0.4, -0.2) is 55.5 Å². The molecule has 30 heavy (non-hydrogen) atoms. The molecule has 1 unspecified atom stereocenters. The third kappa shape index (κ3) is 4.75. The maximum atomic E-state index is 12.9. The number of nitrogens with zero attached hydrogens (tertiary/aromatic N) is 2. The minimum Gasteiger partial charge on any atom is -0.465 e. The summed E-state index contributed by atoms with van der Waals surface area (Å²) in [6, 6.07) is 9.79. The van der Waals surface area contributed by atoms with Gasteiger partial charge >= 0.3 is 0 Å². The maximum Gasteiger partial charge on any atom is 0.287 e. The molecular formula is C22H27BrClN3O3. The van der Waals surface area contributed by atoms with Gasteiger partial charge in [-0.1, -0.05) is 15.9 Å². The van der Waals surface area contributed by atoms with Crippen molar-refractivity contribution in [3.8, 4) is 0 Å². The Balaban J connectivity index is 0.00000256. The quantitative estimate of drug-likeness (QED) is 0.562. The highest BCUT2D eigenvalue weighted by Crippen LogP contribution is 2.28. The number of aryl methyl sites for hydroxylation is 2. The fourth-order valence-electron chi connectivity index (χ4n) is 3.86. The number of halogens is 2. The van der Waals surface area contributed by atoms with Gasteiger partial charge in [-0.2, -0.15) is 0 Å². The summed E-state index contributed by atoms with van der Waals surface area (Å²) in [7, 11) is 2.13. The molecule has 0 radical (unpaired) electrons. The lowest BCUT2D eigenvalue weighted by molar-refractivity contribution is 0.0831. The minimum absolute atomic E-state index is 0. The summed E-state index contributed by atoms with van der Waals surface area (Å²) in [5.74, 6) is 1.94. The van der Waals surface area contributed by atoms with Crippen LogP contribution in [0.25, 0.3) is 11.0 Å². The van der Waals surface area contributed by atoms with E-state index in [1.165, 1.54) is 0 Å². The van der Waals surface area contributed by atoms with Crippen molar-refractivity contribution in [2.75, 3.05) is 39.8 Å². The average molecular weight is 497 g/mol. The summed E-state index contributed by atoms with van der Waals surface area (Å²) in [5, 5.41) is 4.03. The Hall–Kier alpha value is -1.80. The van der Waals surface area contributed by atoms with Crippen molar-refractivity contribution < 1.29 is 13.6 Å². The zero-order valence-corrected chi connectivity index (χ0v) is 19.8. The largest absolute Gasteiger partial charge is 0.465 e. The SMILES string of the molecule is Cc1ccc(C(CNC(=O)c2oc3cc(Br)ccc3c2C)N2CCN(C)CC2)o1.Cl. The van der Waals surface area contributed by atoms with E-state index < -0.39 is 0 Å². The van der Waals surface area contributed by atoms with Gasteiger partial charge in [0.25, 0.3) is 5.91 Å². The molecule has 162 valence electrons. The Kier molecular flexibility index (Phi) is 7.29. The fourth-order valence-corrected chi connectivity index (χ4v) is 4.20. The number of carbonyl (C=O) groups is 1. The number of nitrogens with one attached hydrogen (secondary N) is 1. The number of hydrogen-bond donors (Lipinski definition) is 1. The number of hydrogen-bond acceptors (Lipinski definition) is 5. The van der Waals surface area contributed by atoms with E-state index in [4.69, 9.17) is 8.83 Å². The summed E-state index contributed by atoms with van der Waals surface area (Å²) in [4.78, 5) is 17.6. The number of amides is 1. The number of carbonyl (C=O) groups excluding carboxylic acids is 1. The molecule has 8 heteroatoms. The highest BCUT2D eigenvalue weighted by atomic mass is 79.9. The van der Waals surface area contributed by atoms with Crippen LogP contribution in [-0.2, 0) is 0 Å². The fraction of sp³-hybridized carbons (Fsp3) is 0.409. The van der Waals surface area contributed by atoms with Crippen LogP contribution in [0.3, 0.4) is 0 Å². The average Bonchev–Trinajstić information content (AvgIpc) is 3.26. The van der Waals surface area contributed by atoms with E-state index in [-0.39, 0.29) is 24.4 Å². The van der Waals surface area contributed by atoms with Gasteiger partial charge in [-0.25, -0.2) is 0 Å². The van der Waals surface area contributed by atoms with Crippen LogP contribution in [0.1, 0.15) is 33.7 Å². The van der Waals surface area contributed by atoms with Crippen LogP contribution >= 0.6 is 28.3 Å². The van der Waals surface area contributed by atoms with Gasteiger partial charge < -0.3 is 19.1 Å². The van der Waals surface area contributed by atoms with Crippen molar-refractivity contribution in [3.63, 3.8) is 0 Å². The van der Waals surface area contributed by atoms with E-state index in [1.54, 1.807) is 0 Å². The van der Waals surface area contributed by atoms with Crippen molar-refractivity contribution in [2.45, 2.75) is 19.9 Å². The summed E-state index contributed by atoms with van der Waals surface area (Å²) in [6.45, 7) is 8.21. The van der Waals surface area contributed by atoms with Crippen LogP contribution in [0.5, 0.6) is 0 Å². The molecule has 1 saturated heterocycles. The van der Waals surface area contributed by atoms with Crippen LogP contribution in [0.15, 0.2) is 43.6 Å². The van der Waals surface area contributed by atoms with Gasteiger partial charge in [0, 0.05) is 48.1 Å². The van der Waals surface area contributed by atoms with Crippen molar-refractivity contribution >= 4 is 45.2 Å². The number of benzene rings is 1. The third-order valence-electron chi connectivity index (χ3n) is 5.63. The zero-order chi connectivity index (χ0) is 20.5. The molecule has 4 rings (SSSR count). The molecule has 1 atom stereocenters. The van der Waals surface area contributed by atoms with Crippen LogP contribution in [0.2, 0.25) is 0 Å². The first-order valence-corrected chi connectivity index (χ1v) is 10.7. The zero-order valence-electron chi connectivity index (χ0n) is 17.4. The molecule has 3 heterocycles. The van der Waals surface area contributed by atoms with Crippen molar-refractivity contribution in [1.29, 1.82) is 0 Å². The summed E-state index contributed by atoms with van der Waals surface area (Å²) < 4.78 is 12.7. The second kappa shape index (κ2) is 9.56. The van der Waals surface area contributed by atoms with Crippen molar-refractivity contribution in [2.24, 2.45) is 0 Å². The van der Waals surface area contributed by atoms with E-state index in [9.17, 15) is 4.79 Å². The molecule has 0 bridgehead atoms. The Labute approximate surface area is 191 Å². The van der Waals surface area contributed by atoms with E-state index in [0.29, 0.717) is 17.9 Å². The van der Waals surface area contributed by atoms with Crippen LogP contribution in [0, 0.1) is 13.8 Å². The highest BCUT2D eigenvalue weighted by molar-refractivity contribution is 9.10. The topological polar surface area (TPSA) is 61.9 Å². The van der Waals surface area contributed by atoms with Gasteiger partial charge in [0.15, 0.2) is 5.76 Å². The normalized spacial score (nSPS) is 16.4. The minimum atomic E-state index is -0.197. The molecule has 1 fully saturated rings. The lowest BCUT2D eigenvalue weighted by atomic mass is 10.1. The molecule has 0 aliphatic carbocycles. The van der Waals surface area contributed by atoms with E-state index in [0.717, 1.165) is 53.1 Å². The molecule has 1 aliphatic rings. The first-order chi connectivity index (χ1) is 13.9. The van der Waals surface area contributed by atoms with Gasteiger partial charge in [-0.15, -0.1) is 12.4 Å². The molecule has 1 aromatic carbocycles. The standard InChI is InChI=1S/C22H26BrN3O3.ClH/c1-14-4-7-19(28-14)18(26-10-8-25(3)9-11-26)13-24-22(27)21-15(2)17-6-5-16(23)12-20(17)29-21;/h4-7,12,18H,8-11,13H2,1-3H3,(H,24,27);1H. The monoisotopic (exact) mass is 495 g/mol. The van der Waals surface area contributed by atoms with Crippen LogP contribution < -0.4 is 5.32 Å². The van der Waals surface area contributed by atoms with Crippen LogP contribution in [0.4, 0.5) is 0 Å². The number of piperazine rings is 1. The smallest absolute Gasteiger partial charge is 0.287 e. The molecule has 2 aromatic heterocycles. The third-order valence-corrected chi connectivity index (χ3v) is 6.12. The first kappa shape index (κ1) is 22.9. The Morgan fingerprint density at radius 2 is 1.87 bits per heavy atom. The summed E-state index contributed by atoms with van der Waals surface area (Å²) in [6.07, 6.45) is 0. The number of furan rings is 2. The second-order valence-corrected chi connectivity index (χ2v) is 8.63. The maximum absolute atomic E-state index is 12.9. The van der Waals surface area contributed by atoms with Crippen molar-refractivity contribution in [1.82, 2.24) is 15.1 Å². The van der Waals surface area contributed by atoms with Gasteiger partial charge in [0.1, 0.15) is 17.1 Å². The van der Waals surface area contributed by atoms with Gasteiger partial charge in [0.2, 0.25) is 0 Å². The predicted octanol–water partition coefficient (Wildman–Crippen LogP) is 4.55. The predicted molar refractivity (Wildman–Crippen MR) is 123 cm³/mol. The van der Waals surface area contributed by atoms with Gasteiger partial charge in [-0.3, -0.25) is 9.69 Å². The molecule has 6 nitrogen and oxygen atoms in total. The highest BCUT2D eigenvalue weighted by Gasteiger charge is 2.27.